The highest BCUT2D eigenvalue weighted by Crippen LogP contribution is 2.52. The molecule has 0 N–H and O–H groups in total. The summed E-state index contributed by atoms with van der Waals surface area (Å²) >= 11 is 0. The zero-order chi connectivity index (χ0) is 25.9. The van der Waals surface area contributed by atoms with Gasteiger partial charge in [-0.2, -0.15) is 0 Å². The smallest absolute Gasteiger partial charge is 0.463 e. The molecule has 0 spiro atoms. The van der Waals surface area contributed by atoms with Crippen LogP contribution in [0.25, 0.3) is 0 Å². The summed E-state index contributed by atoms with van der Waals surface area (Å²) in [6.07, 6.45) is -4.96. The first-order chi connectivity index (χ1) is 15.9. The van der Waals surface area contributed by atoms with Gasteiger partial charge in [0.1, 0.15) is 12.7 Å². The Kier molecular flexibility index (Phi) is 12.1. The van der Waals surface area contributed by atoms with Crippen LogP contribution in [-0.2, 0) is 61.0 Å². The van der Waals surface area contributed by atoms with E-state index in [9.17, 15) is 23.7 Å². The predicted octanol–water partition coefficient (Wildman–Crippen LogP) is 1.60. The minimum Gasteiger partial charge on any atom is -0.463 e. The van der Waals surface area contributed by atoms with Gasteiger partial charge in [-0.05, 0) is 0 Å². The van der Waals surface area contributed by atoms with E-state index >= 15 is 0 Å². The van der Waals surface area contributed by atoms with Crippen LogP contribution in [0.4, 0.5) is 0 Å². The Labute approximate surface area is 196 Å². The van der Waals surface area contributed by atoms with Crippen molar-refractivity contribution in [1.29, 1.82) is 0 Å². The SMILES string of the molecule is C=CCOP(=O)(OCC=C)O[C@@H]1O[C@H](COC(C)=O)[C@H](OC(C)=O)[C@H](OC(C)=O)[C@H]1OC(C)=O. The molecule has 1 heterocycles. The van der Waals surface area contributed by atoms with E-state index in [0.717, 1.165) is 27.7 Å². The molecule has 192 valence electrons. The van der Waals surface area contributed by atoms with Crippen LogP contribution in [0.1, 0.15) is 27.7 Å². The molecular weight excluding hydrogens is 479 g/mol. The Morgan fingerprint density at radius 1 is 0.794 bits per heavy atom. The third kappa shape index (κ3) is 9.74. The number of phosphoric acid groups is 1. The number of esters is 4. The maximum Gasteiger partial charge on any atom is 0.477 e. The van der Waals surface area contributed by atoms with Crippen LogP contribution in [0.15, 0.2) is 25.3 Å². The van der Waals surface area contributed by atoms with Gasteiger partial charge in [-0.1, -0.05) is 12.2 Å². The third-order valence-corrected chi connectivity index (χ3v) is 5.28. The van der Waals surface area contributed by atoms with Crippen molar-refractivity contribution in [2.75, 3.05) is 19.8 Å². The lowest BCUT2D eigenvalue weighted by Gasteiger charge is -2.44. The number of phosphoric ester groups is 1. The van der Waals surface area contributed by atoms with Crippen molar-refractivity contribution >= 4 is 31.7 Å². The number of hydrogen-bond donors (Lipinski definition) is 0. The van der Waals surface area contributed by atoms with Gasteiger partial charge in [0.15, 0.2) is 18.3 Å². The summed E-state index contributed by atoms with van der Waals surface area (Å²) in [5, 5.41) is 0. The third-order valence-electron chi connectivity index (χ3n) is 3.88. The van der Waals surface area contributed by atoms with E-state index in [1.54, 1.807) is 0 Å². The molecule has 0 aliphatic carbocycles. The van der Waals surface area contributed by atoms with Crippen molar-refractivity contribution in [2.24, 2.45) is 0 Å². The van der Waals surface area contributed by atoms with Gasteiger partial charge in [0, 0.05) is 27.7 Å². The van der Waals surface area contributed by atoms with Crippen molar-refractivity contribution < 1.29 is 61.0 Å². The average Bonchev–Trinajstić information content (AvgIpc) is 2.73. The highest BCUT2D eigenvalue weighted by molar-refractivity contribution is 7.48. The number of carbonyl (C=O) groups is 4. The van der Waals surface area contributed by atoms with Gasteiger partial charge in [0.05, 0.1) is 13.2 Å². The average molecular weight is 508 g/mol. The molecule has 5 atom stereocenters. The molecule has 1 saturated heterocycles. The molecule has 1 aliphatic rings. The second-order valence-electron chi connectivity index (χ2n) is 6.79. The zero-order valence-corrected chi connectivity index (χ0v) is 20.2. The molecule has 0 aromatic heterocycles. The van der Waals surface area contributed by atoms with E-state index in [1.165, 1.54) is 12.2 Å². The lowest BCUT2D eigenvalue weighted by molar-refractivity contribution is -0.291. The molecule has 14 heteroatoms. The molecule has 0 bridgehead atoms. The maximum atomic E-state index is 13.1. The maximum absolute atomic E-state index is 13.1. The largest absolute Gasteiger partial charge is 0.477 e. The van der Waals surface area contributed by atoms with Crippen molar-refractivity contribution in [3.8, 4) is 0 Å². The quantitative estimate of drug-likeness (QED) is 0.153. The minimum atomic E-state index is -4.39. The number of hydrogen-bond acceptors (Lipinski definition) is 13. The predicted molar refractivity (Wildman–Crippen MR) is 113 cm³/mol. The summed E-state index contributed by atoms with van der Waals surface area (Å²) in [4.78, 5) is 46.7. The van der Waals surface area contributed by atoms with E-state index in [2.05, 4.69) is 13.2 Å². The minimum absolute atomic E-state index is 0.250. The van der Waals surface area contributed by atoms with Crippen LogP contribution >= 0.6 is 7.82 Å². The van der Waals surface area contributed by atoms with Crippen molar-refractivity contribution in [3.63, 3.8) is 0 Å². The van der Waals surface area contributed by atoms with Crippen molar-refractivity contribution in [1.82, 2.24) is 0 Å². The highest BCUT2D eigenvalue weighted by Gasteiger charge is 2.54. The molecule has 1 aliphatic heterocycles. The van der Waals surface area contributed by atoms with Crippen molar-refractivity contribution in [3.05, 3.63) is 25.3 Å². The first kappa shape index (κ1) is 29.5. The van der Waals surface area contributed by atoms with E-state index < -0.39 is 69.0 Å². The van der Waals surface area contributed by atoms with E-state index in [1.807, 2.05) is 0 Å². The van der Waals surface area contributed by atoms with Gasteiger partial charge in [0.25, 0.3) is 0 Å². The second kappa shape index (κ2) is 14.0. The number of carbonyl (C=O) groups excluding carboxylic acids is 4. The van der Waals surface area contributed by atoms with Gasteiger partial charge in [0.2, 0.25) is 6.29 Å². The Bertz CT molecular complexity index is 794. The summed E-state index contributed by atoms with van der Waals surface area (Å²) in [5.74, 6) is -3.18. The van der Waals surface area contributed by atoms with Gasteiger partial charge in [-0.15, -0.1) is 13.2 Å². The topological polar surface area (TPSA) is 159 Å². The van der Waals surface area contributed by atoms with Crippen LogP contribution in [0.5, 0.6) is 0 Å². The molecule has 0 aromatic rings. The highest BCUT2D eigenvalue weighted by atomic mass is 31.2. The fourth-order valence-corrected chi connectivity index (χ4v) is 3.98. The molecule has 0 saturated carbocycles. The molecule has 0 radical (unpaired) electrons. The van der Waals surface area contributed by atoms with Gasteiger partial charge in [-0.25, -0.2) is 4.57 Å². The fraction of sp³-hybridized carbons (Fsp3) is 0.600. The lowest BCUT2D eigenvalue weighted by Crippen LogP contribution is -2.62. The van der Waals surface area contributed by atoms with E-state index in [0.29, 0.717) is 0 Å². The molecular formula is C20H29O13P. The number of ether oxygens (including phenoxy) is 5. The van der Waals surface area contributed by atoms with Crippen LogP contribution in [0.3, 0.4) is 0 Å². The molecule has 0 unspecified atom stereocenters. The van der Waals surface area contributed by atoms with Crippen molar-refractivity contribution in [2.45, 2.75) is 58.4 Å². The first-order valence-corrected chi connectivity index (χ1v) is 11.5. The molecule has 0 aromatic carbocycles. The first-order valence-electron chi connectivity index (χ1n) is 10.0. The van der Waals surface area contributed by atoms with Gasteiger partial charge in [-0.3, -0.25) is 32.7 Å². The monoisotopic (exact) mass is 508 g/mol. The molecule has 34 heavy (non-hydrogen) atoms. The van der Waals surface area contributed by atoms with Crippen LogP contribution < -0.4 is 0 Å². The lowest BCUT2D eigenvalue weighted by atomic mass is 9.98. The summed E-state index contributed by atoms with van der Waals surface area (Å²) < 4.78 is 55.2. The standard InChI is InChI=1S/C20H29O13P/c1-7-9-27-34(25,28-10-8-2)33-20-19(31-15(6)24)18(30-14(5)23)17(29-13(4)22)16(32-20)11-26-12(3)21/h7-8,16-20H,1-2,9-11H2,3-6H3/t16-,17+,18+,19-,20+/m1/s1. The number of rotatable bonds is 13. The summed E-state index contributed by atoms with van der Waals surface area (Å²) in [6.45, 7) is 10.2. The van der Waals surface area contributed by atoms with Crippen LogP contribution in [0, 0.1) is 0 Å². The van der Waals surface area contributed by atoms with Crippen LogP contribution in [-0.4, -0.2) is 74.4 Å². The Balaban J connectivity index is 3.46. The zero-order valence-electron chi connectivity index (χ0n) is 19.3. The Morgan fingerprint density at radius 2 is 1.26 bits per heavy atom. The molecule has 13 nitrogen and oxygen atoms in total. The van der Waals surface area contributed by atoms with E-state index in [4.69, 9.17) is 37.3 Å². The summed E-state index contributed by atoms with van der Waals surface area (Å²) in [7, 11) is -4.39. The Morgan fingerprint density at radius 3 is 1.71 bits per heavy atom. The summed E-state index contributed by atoms with van der Waals surface area (Å²) in [5.41, 5.74) is 0. The van der Waals surface area contributed by atoms with Crippen LogP contribution in [0.2, 0.25) is 0 Å². The normalized spacial score (nSPS) is 24.4. The molecule has 0 amide bonds. The second-order valence-corrected chi connectivity index (χ2v) is 8.41. The fourth-order valence-electron chi connectivity index (χ4n) is 2.79. The van der Waals surface area contributed by atoms with E-state index in [-0.39, 0.29) is 13.2 Å². The van der Waals surface area contributed by atoms with Gasteiger partial charge >= 0.3 is 31.7 Å². The molecule has 1 rings (SSSR count). The Hall–Kier alpha value is -2.57. The van der Waals surface area contributed by atoms with Gasteiger partial charge < -0.3 is 23.7 Å². The summed E-state index contributed by atoms with van der Waals surface area (Å²) in [6, 6.07) is 0. The molecule has 1 fully saturated rings.